The van der Waals surface area contributed by atoms with Crippen LogP contribution >= 0.6 is 0 Å². The molecule has 1 aromatic carbocycles. The van der Waals surface area contributed by atoms with E-state index < -0.39 is 0 Å². The van der Waals surface area contributed by atoms with Crippen LogP contribution in [-0.2, 0) is 6.42 Å². The van der Waals surface area contributed by atoms with Crippen molar-refractivity contribution in [2.75, 3.05) is 5.73 Å². The summed E-state index contributed by atoms with van der Waals surface area (Å²) in [6.07, 6.45) is 2.53. The molecule has 0 aliphatic rings. The molecule has 4 nitrogen and oxygen atoms in total. The first-order valence-corrected chi connectivity index (χ1v) is 4.56. The van der Waals surface area contributed by atoms with E-state index in [9.17, 15) is 0 Å². The molecule has 0 spiro atoms. The number of anilines is 1. The van der Waals surface area contributed by atoms with Gasteiger partial charge in [-0.2, -0.15) is 0 Å². The molecule has 0 aliphatic heterocycles. The minimum Gasteiger partial charge on any atom is -0.397 e. The lowest BCUT2D eigenvalue weighted by molar-refractivity contribution is 0.884. The van der Waals surface area contributed by atoms with E-state index in [4.69, 9.17) is 5.73 Å². The quantitative estimate of drug-likeness (QED) is 0.725. The zero-order valence-electron chi connectivity index (χ0n) is 8.01. The second-order valence-electron chi connectivity index (χ2n) is 3.03. The van der Waals surface area contributed by atoms with Crippen LogP contribution in [0.2, 0.25) is 0 Å². The number of rotatable bonds is 2. The van der Waals surface area contributed by atoms with Crippen molar-refractivity contribution in [3.63, 3.8) is 0 Å². The van der Waals surface area contributed by atoms with Crippen LogP contribution in [0.1, 0.15) is 12.7 Å². The third-order valence-corrected chi connectivity index (χ3v) is 2.13. The van der Waals surface area contributed by atoms with Gasteiger partial charge in [-0.25, -0.2) is 0 Å². The van der Waals surface area contributed by atoms with Gasteiger partial charge in [0.05, 0.1) is 11.4 Å². The van der Waals surface area contributed by atoms with Gasteiger partial charge in [0.1, 0.15) is 12.2 Å². The molecule has 0 amide bonds. The van der Waals surface area contributed by atoms with Crippen LogP contribution in [0.4, 0.5) is 5.69 Å². The normalized spacial score (nSPS) is 10.4. The van der Waals surface area contributed by atoms with Gasteiger partial charge in [-0.1, -0.05) is 19.1 Å². The average molecular weight is 188 g/mol. The third kappa shape index (κ3) is 1.35. The molecular weight excluding hydrogens is 176 g/mol. The maximum absolute atomic E-state index is 5.86. The predicted octanol–water partition coefficient (Wildman–Crippen LogP) is 1.41. The molecule has 0 aliphatic carbocycles. The van der Waals surface area contributed by atoms with Gasteiger partial charge in [0.2, 0.25) is 0 Å². The Morgan fingerprint density at radius 1 is 1.36 bits per heavy atom. The number of aromatic nitrogens is 3. The van der Waals surface area contributed by atoms with Crippen LogP contribution in [0.3, 0.4) is 0 Å². The van der Waals surface area contributed by atoms with Gasteiger partial charge in [-0.15, -0.1) is 10.2 Å². The first-order valence-electron chi connectivity index (χ1n) is 4.56. The molecule has 14 heavy (non-hydrogen) atoms. The minimum atomic E-state index is 0.738. The molecule has 0 radical (unpaired) electrons. The summed E-state index contributed by atoms with van der Waals surface area (Å²) in [5.41, 5.74) is 7.54. The van der Waals surface area contributed by atoms with Crippen molar-refractivity contribution in [2.24, 2.45) is 0 Å². The lowest BCUT2D eigenvalue weighted by atomic mass is 10.2. The highest BCUT2D eigenvalue weighted by atomic mass is 15.3. The summed E-state index contributed by atoms with van der Waals surface area (Å²) >= 11 is 0. The lowest BCUT2D eigenvalue weighted by Gasteiger charge is -2.07. The number of benzene rings is 1. The molecule has 72 valence electrons. The van der Waals surface area contributed by atoms with E-state index in [1.54, 1.807) is 6.33 Å². The van der Waals surface area contributed by atoms with E-state index in [1.165, 1.54) is 0 Å². The van der Waals surface area contributed by atoms with Gasteiger partial charge in [-0.05, 0) is 12.1 Å². The number of nitrogens with zero attached hydrogens (tertiary/aromatic N) is 3. The van der Waals surface area contributed by atoms with E-state index in [0.29, 0.717) is 0 Å². The van der Waals surface area contributed by atoms with Crippen LogP contribution in [0, 0.1) is 0 Å². The largest absolute Gasteiger partial charge is 0.397 e. The molecule has 0 atom stereocenters. The van der Waals surface area contributed by atoms with Crippen molar-refractivity contribution < 1.29 is 0 Å². The zero-order valence-corrected chi connectivity index (χ0v) is 8.01. The Balaban J connectivity index is 2.54. The molecule has 1 aromatic heterocycles. The first-order chi connectivity index (χ1) is 6.83. The maximum atomic E-state index is 5.86. The Labute approximate surface area is 82.4 Å². The summed E-state index contributed by atoms with van der Waals surface area (Å²) in [7, 11) is 0. The number of nitrogen functional groups attached to an aromatic ring is 1. The summed E-state index contributed by atoms with van der Waals surface area (Å²) in [6.45, 7) is 2.04. The van der Waals surface area contributed by atoms with Crippen LogP contribution in [0.15, 0.2) is 30.6 Å². The van der Waals surface area contributed by atoms with Crippen molar-refractivity contribution in [1.29, 1.82) is 0 Å². The van der Waals surface area contributed by atoms with Gasteiger partial charge in [0, 0.05) is 6.42 Å². The predicted molar refractivity (Wildman–Crippen MR) is 55.1 cm³/mol. The van der Waals surface area contributed by atoms with E-state index >= 15 is 0 Å². The van der Waals surface area contributed by atoms with Crippen molar-refractivity contribution in [3.05, 3.63) is 36.4 Å². The summed E-state index contributed by atoms with van der Waals surface area (Å²) in [6, 6.07) is 7.69. The Morgan fingerprint density at radius 2 is 2.14 bits per heavy atom. The van der Waals surface area contributed by atoms with Gasteiger partial charge in [0.25, 0.3) is 0 Å². The fraction of sp³-hybridized carbons (Fsp3) is 0.200. The molecule has 0 bridgehead atoms. The molecular formula is C10H12N4. The van der Waals surface area contributed by atoms with Gasteiger partial charge < -0.3 is 5.73 Å². The molecule has 0 saturated heterocycles. The minimum absolute atomic E-state index is 0.738. The lowest BCUT2D eigenvalue weighted by Crippen LogP contribution is -2.02. The van der Waals surface area contributed by atoms with Gasteiger partial charge >= 0.3 is 0 Å². The maximum Gasteiger partial charge on any atom is 0.137 e. The highest BCUT2D eigenvalue weighted by Crippen LogP contribution is 2.17. The number of nitrogens with two attached hydrogens (primary N) is 1. The van der Waals surface area contributed by atoms with Crippen LogP contribution in [0.25, 0.3) is 5.69 Å². The van der Waals surface area contributed by atoms with Crippen molar-refractivity contribution in [1.82, 2.24) is 14.8 Å². The summed E-state index contributed by atoms with van der Waals surface area (Å²) in [4.78, 5) is 0. The zero-order chi connectivity index (χ0) is 9.97. The van der Waals surface area contributed by atoms with Gasteiger partial charge in [-0.3, -0.25) is 4.57 Å². The summed E-state index contributed by atoms with van der Waals surface area (Å²) in [5.74, 6) is 0.919. The molecule has 0 saturated carbocycles. The SMILES string of the molecule is CCc1nncn1-c1ccccc1N. The molecule has 4 heteroatoms. The van der Waals surface area contributed by atoms with Crippen LogP contribution < -0.4 is 5.73 Å². The molecule has 0 unspecified atom stereocenters. The van der Waals surface area contributed by atoms with Crippen molar-refractivity contribution in [3.8, 4) is 5.69 Å². The summed E-state index contributed by atoms with van der Waals surface area (Å²) < 4.78 is 1.91. The molecule has 1 heterocycles. The summed E-state index contributed by atoms with van der Waals surface area (Å²) in [5, 5.41) is 7.88. The van der Waals surface area contributed by atoms with Crippen molar-refractivity contribution in [2.45, 2.75) is 13.3 Å². The van der Waals surface area contributed by atoms with Crippen molar-refractivity contribution >= 4 is 5.69 Å². The first kappa shape index (κ1) is 8.74. The highest BCUT2D eigenvalue weighted by molar-refractivity contribution is 5.57. The Hall–Kier alpha value is -1.84. The van der Waals surface area contributed by atoms with Gasteiger partial charge in [0.15, 0.2) is 0 Å². The van der Waals surface area contributed by atoms with Crippen LogP contribution in [-0.4, -0.2) is 14.8 Å². The Morgan fingerprint density at radius 3 is 2.86 bits per heavy atom. The fourth-order valence-corrected chi connectivity index (χ4v) is 1.41. The molecule has 2 rings (SSSR count). The highest BCUT2D eigenvalue weighted by Gasteiger charge is 2.05. The number of para-hydroxylation sites is 2. The second kappa shape index (κ2) is 3.49. The monoisotopic (exact) mass is 188 g/mol. The third-order valence-electron chi connectivity index (χ3n) is 2.13. The molecule has 2 aromatic rings. The van der Waals surface area contributed by atoms with E-state index in [0.717, 1.165) is 23.6 Å². The number of hydrogen-bond acceptors (Lipinski definition) is 3. The van der Waals surface area contributed by atoms with E-state index in [2.05, 4.69) is 10.2 Å². The molecule has 2 N–H and O–H groups in total. The second-order valence-corrected chi connectivity index (χ2v) is 3.03. The molecule has 0 fully saturated rings. The Bertz CT molecular complexity index is 433. The van der Waals surface area contributed by atoms with E-state index in [-0.39, 0.29) is 0 Å². The standard InChI is InChI=1S/C10H12N4/c1-2-10-13-12-7-14(10)9-6-4-3-5-8(9)11/h3-7H,2,11H2,1H3. The topological polar surface area (TPSA) is 56.7 Å². The van der Waals surface area contributed by atoms with Crippen LogP contribution in [0.5, 0.6) is 0 Å². The van der Waals surface area contributed by atoms with E-state index in [1.807, 2.05) is 35.8 Å². The average Bonchev–Trinajstić information content (AvgIpc) is 2.66. The number of hydrogen-bond donors (Lipinski definition) is 1. The number of aryl methyl sites for hydroxylation is 1. The Kier molecular flexibility index (Phi) is 2.18. The fourth-order valence-electron chi connectivity index (χ4n) is 1.41. The smallest absolute Gasteiger partial charge is 0.137 e.